The lowest BCUT2D eigenvalue weighted by Crippen LogP contribution is -2.55. The molecule has 1 saturated heterocycles. The minimum Gasteiger partial charge on any atom is -0.456 e. The second-order valence-electron chi connectivity index (χ2n) is 31.1. The standard InChI is InChI=1S/C77H136N4O22S2/c1-48-31-34-62(89)39-57(84)23-15-22-55(82)21-14-13-19-50(3)75(103-105(96,97)98)74(54(7)101-77(95)67-46-100-72(79-67)29-18-28-58(85)38-56(83)24-17-27-61(88)43-66(99-8)35-32-48)81-76(94)52(5)37-51(4)69(93)44-64(91)41-60(87)26-16-25-59(86)40-63(90)42-65(92)45-71-49(2)33-36-70(102-71)68-47-104-73(80-68)30-12-10-9-11-20-53(6)78/h32,35,37,46-51,53-66,69-71,74-75,82-93H,9-31,33-34,36,38-45,78H2,1-8H3,(H,81,94)(H,96,97,98)/b35-32+,52-37+/t48?,49?,50?,51?,53-,54?,55?,56-,57?,58+,59?,60?,61+,62?,63?,64?,65?,66-,69?,70?,71?,74?,75?/m1/s1. The van der Waals surface area contributed by atoms with Crippen molar-refractivity contribution in [2.24, 2.45) is 29.4 Å². The van der Waals surface area contributed by atoms with Crippen molar-refractivity contribution >= 4 is 33.6 Å². The average Bonchev–Trinajstić information content (AvgIpc) is 1.80. The minimum atomic E-state index is -5.24. The molecule has 608 valence electrons. The number of oxazole rings is 1. The number of unbranched alkanes of at least 4 members (excludes halogenated alkanes) is 3. The van der Waals surface area contributed by atoms with Gasteiger partial charge in [-0.15, -0.1) is 11.3 Å². The number of aliphatic hydroxyl groups is 12. The number of esters is 1. The Bertz CT molecular complexity index is 2850. The van der Waals surface area contributed by atoms with Crippen LogP contribution in [0.3, 0.4) is 0 Å². The fraction of sp³-hybridized carbons (Fsp3) is 0.844. The molecule has 0 spiro atoms. The van der Waals surface area contributed by atoms with Crippen molar-refractivity contribution in [3.8, 4) is 0 Å². The molecule has 4 heterocycles. The third-order valence-electron chi connectivity index (χ3n) is 20.8. The van der Waals surface area contributed by atoms with Crippen LogP contribution in [0.5, 0.6) is 0 Å². The molecule has 2 aromatic rings. The van der Waals surface area contributed by atoms with Gasteiger partial charge in [-0.2, -0.15) is 8.42 Å². The Morgan fingerprint density at radius 2 is 1.26 bits per heavy atom. The Morgan fingerprint density at radius 1 is 0.676 bits per heavy atom. The van der Waals surface area contributed by atoms with Crippen molar-refractivity contribution in [3.63, 3.8) is 0 Å². The van der Waals surface area contributed by atoms with E-state index in [0.717, 1.165) is 68.3 Å². The molecule has 0 aromatic carbocycles. The number of hydrogen-bond donors (Lipinski definition) is 15. The van der Waals surface area contributed by atoms with E-state index in [1.54, 1.807) is 32.3 Å². The number of thiazole rings is 1. The first-order chi connectivity index (χ1) is 49.7. The van der Waals surface area contributed by atoms with Crippen LogP contribution in [-0.2, 0) is 46.4 Å². The number of nitrogens with two attached hydrogens (primary N) is 1. The largest absolute Gasteiger partial charge is 0.456 e. The fourth-order valence-electron chi connectivity index (χ4n) is 14.2. The molecule has 1 amide bonds. The number of methoxy groups -OCH3 is 1. The zero-order valence-electron chi connectivity index (χ0n) is 64.0. The average molecular weight is 1530 g/mol. The van der Waals surface area contributed by atoms with E-state index in [1.165, 1.54) is 19.9 Å². The van der Waals surface area contributed by atoms with Gasteiger partial charge in [0.05, 0.1) is 102 Å². The molecule has 105 heavy (non-hydrogen) atoms. The number of rotatable bonds is 29. The van der Waals surface area contributed by atoms with Crippen LogP contribution in [0.15, 0.2) is 39.9 Å². The van der Waals surface area contributed by atoms with Crippen molar-refractivity contribution in [1.82, 2.24) is 15.3 Å². The van der Waals surface area contributed by atoms with Crippen LogP contribution < -0.4 is 11.1 Å². The monoisotopic (exact) mass is 1530 g/mol. The quantitative estimate of drug-likeness (QED) is 0.0119. The second-order valence-corrected chi connectivity index (χ2v) is 33.0. The normalized spacial score (nSPS) is 30.3. The molecule has 26 nitrogen and oxygen atoms in total. The Balaban J connectivity index is 1.34. The lowest BCUT2D eigenvalue weighted by atomic mass is 9.88. The summed E-state index contributed by atoms with van der Waals surface area (Å²) in [5, 5.41) is 137. The number of carbonyl (C=O) groups excluding carboxylic acids is 2. The van der Waals surface area contributed by atoms with Crippen molar-refractivity contribution in [2.75, 3.05) is 7.11 Å². The smallest absolute Gasteiger partial charge is 0.397 e. The molecule has 28 heteroatoms. The molecule has 0 saturated carbocycles. The number of ether oxygens (including phenoxy) is 3. The van der Waals surface area contributed by atoms with Gasteiger partial charge in [-0.05, 0) is 212 Å². The minimum absolute atomic E-state index is 0.0176. The summed E-state index contributed by atoms with van der Waals surface area (Å²) in [6.07, 6.45) is 7.45. The van der Waals surface area contributed by atoms with E-state index in [1.807, 2.05) is 26.0 Å². The van der Waals surface area contributed by atoms with Crippen LogP contribution in [0.1, 0.15) is 287 Å². The van der Waals surface area contributed by atoms with Gasteiger partial charge >= 0.3 is 16.4 Å². The van der Waals surface area contributed by atoms with Gasteiger partial charge in [0.15, 0.2) is 11.6 Å². The summed E-state index contributed by atoms with van der Waals surface area (Å²) < 4.78 is 64.3. The van der Waals surface area contributed by atoms with Gasteiger partial charge in [-0.3, -0.25) is 9.35 Å². The summed E-state index contributed by atoms with van der Waals surface area (Å²) in [6, 6.07) is -1.25. The van der Waals surface area contributed by atoms with Gasteiger partial charge in [0.2, 0.25) is 5.91 Å². The summed E-state index contributed by atoms with van der Waals surface area (Å²) >= 11 is 1.66. The number of fused-ring (bicyclic) bond motifs is 2. The second kappa shape index (κ2) is 50.4. The van der Waals surface area contributed by atoms with Crippen LogP contribution in [0.4, 0.5) is 0 Å². The van der Waals surface area contributed by atoms with Crippen molar-refractivity contribution < 1.29 is 107 Å². The number of aliphatic hydroxyl groups excluding tert-OH is 12. The van der Waals surface area contributed by atoms with Gasteiger partial charge in [-0.1, -0.05) is 78.0 Å². The molecule has 0 radical (unpaired) electrons. The topological polar surface area (TPSA) is 445 Å². The number of carbonyl (C=O) groups is 2. The Hall–Kier alpha value is -3.47. The van der Waals surface area contributed by atoms with Gasteiger partial charge < -0.3 is 91.0 Å². The van der Waals surface area contributed by atoms with Crippen LogP contribution in [0.25, 0.3) is 0 Å². The zero-order chi connectivity index (χ0) is 77.8. The summed E-state index contributed by atoms with van der Waals surface area (Å²) in [5.74, 6) is -2.95. The van der Waals surface area contributed by atoms with Crippen molar-refractivity contribution in [2.45, 2.75) is 383 Å². The number of nitrogens with zero attached hydrogens (tertiary/aromatic N) is 2. The van der Waals surface area contributed by atoms with Crippen LogP contribution in [-0.4, -0.2) is 213 Å². The van der Waals surface area contributed by atoms with E-state index in [-0.39, 0.29) is 124 Å². The van der Waals surface area contributed by atoms with E-state index in [4.69, 9.17) is 33.5 Å². The van der Waals surface area contributed by atoms with E-state index in [9.17, 15) is 83.8 Å². The number of aromatic nitrogens is 2. The lowest BCUT2D eigenvalue weighted by molar-refractivity contribution is -0.120. The first-order valence-electron chi connectivity index (χ1n) is 39.2. The van der Waals surface area contributed by atoms with E-state index >= 15 is 0 Å². The van der Waals surface area contributed by atoms with Crippen LogP contribution >= 0.6 is 11.3 Å². The predicted octanol–water partition coefficient (Wildman–Crippen LogP) is 8.81. The molecular weight excluding hydrogens is 1400 g/mol. The van der Waals surface area contributed by atoms with Crippen LogP contribution in [0.2, 0.25) is 0 Å². The highest BCUT2D eigenvalue weighted by Crippen LogP contribution is 2.38. The molecule has 4 rings (SSSR count). The summed E-state index contributed by atoms with van der Waals surface area (Å²) in [5.41, 5.74) is 6.57. The van der Waals surface area contributed by atoms with Gasteiger partial charge in [-0.25, -0.2) is 18.9 Å². The van der Waals surface area contributed by atoms with Crippen molar-refractivity contribution in [3.05, 3.63) is 57.7 Å². The summed E-state index contributed by atoms with van der Waals surface area (Å²) in [7, 11) is -3.67. The lowest BCUT2D eigenvalue weighted by Gasteiger charge is -2.35. The first kappa shape index (κ1) is 93.9. The summed E-state index contributed by atoms with van der Waals surface area (Å²) in [4.78, 5) is 37.2. The molecule has 2 aliphatic rings. The third-order valence-corrected chi connectivity index (χ3v) is 22.2. The molecule has 16 N–H and O–H groups in total. The highest BCUT2D eigenvalue weighted by molar-refractivity contribution is 7.80. The van der Waals surface area contributed by atoms with E-state index < -0.39 is 126 Å². The first-order valence-corrected chi connectivity index (χ1v) is 41.4. The molecule has 1 fully saturated rings. The van der Waals surface area contributed by atoms with Gasteiger partial charge in [0.25, 0.3) is 0 Å². The van der Waals surface area contributed by atoms with Gasteiger partial charge in [0, 0.05) is 42.9 Å². The predicted molar refractivity (Wildman–Crippen MR) is 401 cm³/mol. The van der Waals surface area contributed by atoms with Crippen molar-refractivity contribution in [1.29, 1.82) is 0 Å². The number of hydrogen-bond acceptors (Lipinski definition) is 25. The maximum absolute atomic E-state index is 14.2. The number of cyclic esters (lactones) is 1. The number of amides is 1. The molecule has 0 aliphatic carbocycles. The molecule has 18 unspecified atom stereocenters. The number of aryl methyl sites for hydroxylation is 2. The number of allylic oxidation sites excluding steroid dienone is 1. The molecular formula is C77H136N4O22S2. The van der Waals surface area contributed by atoms with Crippen LogP contribution in [0, 0.1) is 23.7 Å². The molecule has 2 bridgehead atoms. The summed E-state index contributed by atoms with van der Waals surface area (Å²) in [6.45, 7) is 12.2. The Labute approximate surface area is 629 Å². The molecule has 23 atom stereocenters. The maximum atomic E-state index is 14.2. The number of nitrogens with one attached hydrogen (secondary N) is 1. The molecule has 2 aliphatic heterocycles. The SMILES string of the molecule is CO[C@@H]1/C=C/C(C)CCC(O)CC(O)CCCC(O)CCCCC(C)C(OS(=O)(=O)O)C(NC(=O)/C(C)=C/C(C)C(O)CC(O)CC(O)CCCC(O)CC(O)CC(O)CC2OC(c3csc(CCCCCC[C@@H](C)N)n3)CCC2C)C(C)OC(=O)c2coc(n2)CCC[C@H](O)C[C@H](O)CCC[C@H](O)C1. The maximum Gasteiger partial charge on any atom is 0.397 e. The third kappa shape index (κ3) is 39.8. The highest BCUT2D eigenvalue weighted by Gasteiger charge is 2.40. The Morgan fingerprint density at radius 3 is 1.90 bits per heavy atom. The highest BCUT2D eigenvalue weighted by atomic mass is 32.3. The van der Waals surface area contributed by atoms with E-state index in [2.05, 4.69) is 22.6 Å². The van der Waals surface area contributed by atoms with Gasteiger partial charge in [0.1, 0.15) is 24.6 Å². The van der Waals surface area contributed by atoms with E-state index in [0.29, 0.717) is 96.3 Å². The molecule has 2 aromatic heterocycles. The fourth-order valence-corrected chi connectivity index (χ4v) is 15.7. The Kier molecular flexibility index (Phi) is 45.1. The zero-order valence-corrected chi connectivity index (χ0v) is 65.6.